The van der Waals surface area contributed by atoms with Crippen molar-refractivity contribution >= 4 is 0 Å². The van der Waals surface area contributed by atoms with E-state index in [9.17, 15) is 0 Å². The van der Waals surface area contributed by atoms with Gasteiger partial charge < -0.3 is 10.6 Å². The zero-order valence-corrected chi connectivity index (χ0v) is 9.46. The molecule has 0 bridgehead atoms. The summed E-state index contributed by atoms with van der Waals surface area (Å²) in [6.45, 7) is 4.42. The van der Waals surface area contributed by atoms with E-state index in [2.05, 4.69) is 48.7 Å². The number of benzene rings is 1. The molecule has 2 N–H and O–H groups in total. The van der Waals surface area contributed by atoms with E-state index in [1.54, 1.807) is 0 Å². The molecule has 0 aliphatic carbocycles. The van der Waals surface area contributed by atoms with Crippen molar-refractivity contribution in [1.29, 1.82) is 0 Å². The van der Waals surface area contributed by atoms with Gasteiger partial charge in [0.15, 0.2) is 0 Å². The number of hydrogen-bond donors (Lipinski definition) is 2. The van der Waals surface area contributed by atoms with Gasteiger partial charge in [0.25, 0.3) is 0 Å². The van der Waals surface area contributed by atoms with Gasteiger partial charge in [0, 0.05) is 0 Å². The molecule has 2 nitrogen and oxygen atoms in total. The van der Waals surface area contributed by atoms with Crippen LogP contribution in [0.2, 0.25) is 0 Å². The highest BCUT2D eigenvalue weighted by Gasteiger charge is 2.05. The van der Waals surface area contributed by atoms with Crippen molar-refractivity contribution in [1.82, 2.24) is 10.6 Å². The van der Waals surface area contributed by atoms with E-state index < -0.39 is 0 Å². The van der Waals surface area contributed by atoms with Gasteiger partial charge in [0.2, 0.25) is 0 Å². The molecule has 0 amide bonds. The Bertz CT molecular complexity index is 260. The topological polar surface area (TPSA) is 24.1 Å². The molecule has 0 aliphatic rings. The molecule has 0 unspecified atom stereocenters. The molecule has 0 saturated carbocycles. The average Bonchev–Trinajstić information content (AvgIpc) is 2.20. The molecule has 0 aromatic heterocycles. The molecular formula is C12H20N2. The Morgan fingerprint density at radius 2 is 1.29 bits per heavy atom. The molecular weight excluding hydrogens is 172 g/mol. The smallest absolute Gasteiger partial charge is 0.0830 e. The van der Waals surface area contributed by atoms with Crippen LogP contribution in [0.15, 0.2) is 24.3 Å². The molecule has 0 atom stereocenters. The lowest BCUT2D eigenvalue weighted by atomic mass is 10.0. The van der Waals surface area contributed by atoms with Gasteiger partial charge in [-0.05, 0) is 31.1 Å². The summed E-state index contributed by atoms with van der Waals surface area (Å²) >= 11 is 0. The third kappa shape index (κ3) is 2.56. The van der Waals surface area contributed by atoms with E-state index in [-0.39, 0.29) is 6.17 Å². The van der Waals surface area contributed by atoms with Crippen molar-refractivity contribution in [2.24, 2.45) is 0 Å². The van der Waals surface area contributed by atoms with Crippen LogP contribution in [0.5, 0.6) is 0 Å². The Balaban J connectivity index is 2.81. The minimum atomic E-state index is 0.246. The van der Waals surface area contributed by atoms with Crippen LogP contribution >= 0.6 is 0 Å². The van der Waals surface area contributed by atoms with E-state index in [1.807, 2.05) is 14.1 Å². The van der Waals surface area contributed by atoms with Gasteiger partial charge in [-0.15, -0.1) is 0 Å². The van der Waals surface area contributed by atoms with E-state index in [0.29, 0.717) is 5.92 Å². The van der Waals surface area contributed by atoms with Crippen molar-refractivity contribution in [3.05, 3.63) is 35.4 Å². The van der Waals surface area contributed by atoms with Crippen LogP contribution in [0.25, 0.3) is 0 Å². The highest BCUT2D eigenvalue weighted by molar-refractivity contribution is 5.26. The third-order valence-electron chi connectivity index (χ3n) is 2.51. The lowest BCUT2D eigenvalue weighted by Gasteiger charge is -2.16. The Morgan fingerprint density at radius 1 is 0.857 bits per heavy atom. The zero-order valence-electron chi connectivity index (χ0n) is 9.46. The maximum atomic E-state index is 3.21. The second kappa shape index (κ2) is 5.13. The van der Waals surface area contributed by atoms with E-state index in [1.165, 1.54) is 11.1 Å². The Hall–Kier alpha value is -0.860. The summed E-state index contributed by atoms with van der Waals surface area (Å²) in [6.07, 6.45) is 0.246. The summed E-state index contributed by atoms with van der Waals surface area (Å²) in [7, 11) is 3.91. The van der Waals surface area contributed by atoms with Gasteiger partial charge in [-0.3, -0.25) is 0 Å². The highest BCUT2D eigenvalue weighted by Crippen LogP contribution is 2.17. The molecule has 14 heavy (non-hydrogen) atoms. The lowest BCUT2D eigenvalue weighted by Crippen LogP contribution is -2.28. The van der Waals surface area contributed by atoms with E-state index >= 15 is 0 Å². The maximum Gasteiger partial charge on any atom is 0.0830 e. The highest BCUT2D eigenvalue weighted by atomic mass is 15.1. The van der Waals surface area contributed by atoms with Gasteiger partial charge in [-0.2, -0.15) is 0 Å². The van der Waals surface area contributed by atoms with Crippen molar-refractivity contribution in [3.63, 3.8) is 0 Å². The number of rotatable bonds is 4. The van der Waals surface area contributed by atoms with Crippen LogP contribution < -0.4 is 10.6 Å². The molecule has 2 heteroatoms. The van der Waals surface area contributed by atoms with E-state index in [4.69, 9.17) is 0 Å². The lowest BCUT2D eigenvalue weighted by molar-refractivity contribution is 0.520. The number of hydrogen-bond acceptors (Lipinski definition) is 2. The van der Waals surface area contributed by atoms with Gasteiger partial charge >= 0.3 is 0 Å². The maximum absolute atomic E-state index is 3.21. The molecule has 0 saturated heterocycles. The standard InChI is InChI=1S/C12H20N2/c1-9(2)10-5-7-11(8-6-10)12(13-3)14-4/h5-9,12-14H,1-4H3. The van der Waals surface area contributed by atoms with Crippen molar-refractivity contribution in [2.75, 3.05) is 14.1 Å². The fourth-order valence-corrected chi connectivity index (χ4v) is 1.55. The quantitative estimate of drug-likeness (QED) is 0.715. The van der Waals surface area contributed by atoms with Gasteiger partial charge in [-0.25, -0.2) is 0 Å². The predicted molar refractivity (Wildman–Crippen MR) is 61.4 cm³/mol. The van der Waals surface area contributed by atoms with Crippen molar-refractivity contribution in [2.45, 2.75) is 25.9 Å². The second-order valence-electron chi connectivity index (χ2n) is 3.83. The first-order valence-corrected chi connectivity index (χ1v) is 5.13. The summed E-state index contributed by atoms with van der Waals surface area (Å²) < 4.78 is 0. The minimum Gasteiger partial charge on any atom is -0.301 e. The second-order valence-corrected chi connectivity index (χ2v) is 3.83. The van der Waals surface area contributed by atoms with Crippen LogP contribution in [0.1, 0.15) is 37.1 Å². The first-order chi connectivity index (χ1) is 6.69. The average molecular weight is 192 g/mol. The van der Waals surface area contributed by atoms with Gasteiger partial charge in [0.1, 0.15) is 0 Å². The molecule has 1 aromatic carbocycles. The molecule has 0 aliphatic heterocycles. The Kier molecular flexibility index (Phi) is 4.11. The molecule has 78 valence electrons. The fourth-order valence-electron chi connectivity index (χ4n) is 1.55. The van der Waals surface area contributed by atoms with Crippen LogP contribution in [-0.4, -0.2) is 14.1 Å². The summed E-state index contributed by atoms with van der Waals surface area (Å²) in [4.78, 5) is 0. The van der Waals surface area contributed by atoms with Crippen LogP contribution in [0.3, 0.4) is 0 Å². The van der Waals surface area contributed by atoms with Crippen LogP contribution in [-0.2, 0) is 0 Å². The predicted octanol–water partition coefficient (Wildman–Crippen LogP) is 2.25. The molecule has 0 fully saturated rings. The van der Waals surface area contributed by atoms with Crippen molar-refractivity contribution < 1.29 is 0 Å². The first kappa shape index (κ1) is 11.2. The summed E-state index contributed by atoms with van der Waals surface area (Å²) in [5.74, 6) is 0.603. The van der Waals surface area contributed by atoms with Gasteiger partial charge in [-0.1, -0.05) is 38.1 Å². The number of nitrogens with one attached hydrogen (secondary N) is 2. The summed E-state index contributed by atoms with van der Waals surface area (Å²) in [5, 5.41) is 6.41. The van der Waals surface area contributed by atoms with Crippen LogP contribution in [0, 0.1) is 0 Å². The van der Waals surface area contributed by atoms with E-state index in [0.717, 1.165) is 0 Å². The summed E-state index contributed by atoms with van der Waals surface area (Å²) in [5.41, 5.74) is 2.67. The molecule has 0 radical (unpaired) electrons. The van der Waals surface area contributed by atoms with Crippen molar-refractivity contribution in [3.8, 4) is 0 Å². The molecule has 1 rings (SSSR count). The van der Waals surface area contributed by atoms with Crippen LogP contribution in [0.4, 0.5) is 0 Å². The Morgan fingerprint density at radius 3 is 1.64 bits per heavy atom. The third-order valence-corrected chi connectivity index (χ3v) is 2.51. The zero-order chi connectivity index (χ0) is 10.6. The first-order valence-electron chi connectivity index (χ1n) is 5.13. The SMILES string of the molecule is CNC(NC)c1ccc(C(C)C)cc1. The minimum absolute atomic E-state index is 0.246. The monoisotopic (exact) mass is 192 g/mol. The normalized spacial score (nSPS) is 11.3. The molecule has 1 aromatic rings. The largest absolute Gasteiger partial charge is 0.301 e. The molecule has 0 spiro atoms. The molecule has 0 heterocycles. The fraction of sp³-hybridized carbons (Fsp3) is 0.500. The Labute approximate surface area is 86.7 Å². The van der Waals surface area contributed by atoms with Gasteiger partial charge in [0.05, 0.1) is 6.17 Å². The summed E-state index contributed by atoms with van der Waals surface area (Å²) in [6, 6.07) is 8.74.